The third kappa shape index (κ3) is 3.46. The van der Waals surface area contributed by atoms with E-state index in [-0.39, 0.29) is 12.2 Å². The van der Waals surface area contributed by atoms with Crippen LogP contribution in [0.4, 0.5) is 0 Å². The molecular weight excluding hydrogens is 332 g/mol. The minimum Gasteiger partial charge on any atom is -0.454 e. The molecule has 134 valence electrons. The molecule has 0 aliphatic carbocycles. The van der Waals surface area contributed by atoms with E-state index in [1.54, 1.807) is 23.6 Å². The normalized spacial score (nSPS) is 12.2. The first-order valence-electron chi connectivity index (χ1n) is 8.33. The molecule has 0 unspecified atom stereocenters. The molecule has 0 fully saturated rings. The number of nitrogens with zero attached hydrogens (tertiary/aromatic N) is 4. The van der Waals surface area contributed by atoms with E-state index in [0.717, 1.165) is 16.8 Å². The molecule has 0 aliphatic heterocycles. The third-order valence-corrected chi connectivity index (χ3v) is 4.32. The van der Waals surface area contributed by atoms with Crippen molar-refractivity contribution in [3.63, 3.8) is 0 Å². The van der Waals surface area contributed by atoms with E-state index in [2.05, 4.69) is 15.1 Å². The fraction of sp³-hybridized carbons (Fsp3) is 0.316. The number of hydrogen-bond acceptors (Lipinski definition) is 6. The van der Waals surface area contributed by atoms with Crippen LogP contribution in [0.15, 0.2) is 30.6 Å². The number of fused-ring (bicyclic) bond motifs is 1. The minimum atomic E-state index is -0.853. The predicted molar refractivity (Wildman–Crippen MR) is 95.0 cm³/mol. The molecule has 0 amide bonds. The van der Waals surface area contributed by atoms with Gasteiger partial charge in [0.15, 0.2) is 6.10 Å². The smallest absolute Gasteiger partial charge is 0.311 e. The van der Waals surface area contributed by atoms with Crippen LogP contribution in [0, 0.1) is 20.8 Å². The van der Waals surface area contributed by atoms with E-state index in [4.69, 9.17) is 4.74 Å². The topological polar surface area (TPSA) is 86.5 Å². The molecule has 0 radical (unpaired) electrons. The summed E-state index contributed by atoms with van der Waals surface area (Å²) in [5, 5.41) is 4.10. The number of aryl methyl sites for hydroxylation is 3. The Hall–Kier alpha value is -3.09. The molecule has 0 N–H and O–H groups in total. The van der Waals surface area contributed by atoms with Crippen LogP contribution in [-0.4, -0.2) is 37.4 Å². The largest absolute Gasteiger partial charge is 0.454 e. The number of Topliss-reactive ketones (excluding diaryl/α,β-unsaturated/α-hetero) is 1. The van der Waals surface area contributed by atoms with Crippen molar-refractivity contribution in [1.82, 2.24) is 19.6 Å². The van der Waals surface area contributed by atoms with Crippen molar-refractivity contribution in [2.75, 3.05) is 0 Å². The van der Waals surface area contributed by atoms with E-state index >= 15 is 0 Å². The molecule has 0 aliphatic rings. The highest BCUT2D eigenvalue weighted by Gasteiger charge is 2.21. The number of rotatable bonds is 5. The standard InChI is InChI=1S/C19H20N4O3/c1-11-5-7-15(8-6-11)18(25)14(4)26-17(24)9-16-12(2)22-19-20-10-21-23(19)13(16)3/h5-8,10,14H,9H2,1-4H3/t14-/m0/s1. The number of benzene rings is 1. The van der Waals surface area contributed by atoms with Crippen molar-refractivity contribution >= 4 is 17.5 Å². The molecule has 1 atom stereocenters. The number of esters is 1. The molecule has 7 nitrogen and oxygen atoms in total. The summed E-state index contributed by atoms with van der Waals surface area (Å²) >= 11 is 0. The maximum absolute atomic E-state index is 12.4. The van der Waals surface area contributed by atoms with Gasteiger partial charge in [-0.15, -0.1) is 0 Å². The molecule has 0 saturated heterocycles. The number of ketones is 1. The quantitative estimate of drug-likeness (QED) is 0.518. The summed E-state index contributed by atoms with van der Waals surface area (Å²) < 4.78 is 6.92. The van der Waals surface area contributed by atoms with E-state index in [1.165, 1.54) is 6.33 Å². The van der Waals surface area contributed by atoms with Gasteiger partial charge >= 0.3 is 5.97 Å². The number of carbonyl (C=O) groups is 2. The molecule has 3 aromatic rings. The van der Waals surface area contributed by atoms with Crippen LogP contribution in [0.1, 0.15) is 39.8 Å². The monoisotopic (exact) mass is 352 g/mol. The van der Waals surface area contributed by atoms with Gasteiger partial charge in [-0.25, -0.2) is 9.50 Å². The lowest BCUT2D eigenvalue weighted by atomic mass is 10.1. The molecule has 0 bridgehead atoms. The Morgan fingerprint density at radius 2 is 1.85 bits per heavy atom. The van der Waals surface area contributed by atoms with Gasteiger partial charge in [-0.2, -0.15) is 10.1 Å². The van der Waals surface area contributed by atoms with Gasteiger partial charge in [0.1, 0.15) is 6.33 Å². The summed E-state index contributed by atoms with van der Waals surface area (Å²) in [7, 11) is 0. The zero-order valence-electron chi connectivity index (χ0n) is 15.2. The summed E-state index contributed by atoms with van der Waals surface area (Å²) in [6.07, 6.45) is 0.583. The van der Waals surface area contributed by atoms with E-state index in [1.807, 2.05) is 32.9 Å². The van der Waals surface area contributed by atoms with Crippen molar-refractivity contribution in [1.29, 1.82) is 0 Å². The van der Waals surface area contributed by atoms with Gasteiger partial charge in [0.2, 0.25) is 5.78 Å². The van der Waals surface area contributed by atoms with Gasteiger partial charge in [-0.1, -0.05) is 29.8 Å². The van der Waals surface area contributed by atoms with Crippen molar-refractivity contribution < 1.29 is 14.3 Å². The maximum Gasteiger partial charge on any atom is 0.311 e. The number of aromatic nitrogens is 4. The second kappa shape index (κ2) is 7.03. The summed E-state index contributed by atoms with van der Waals surface area (Å²) in [5.74, 6) is -0.220. The maximum atomic E-state index is 12.4. The number of carbonyl (C=O) groups excluding carboxylic acids is 2. The summed E-state index contributed by atoms with van der Waals surface area (Å²) in [4.78, 5) is 33.1. The first-order chi connectivity index (χ1) is 12.4. The van der Waals surface area contributed by atoms with E-state index in [0.29, 0.717) is 17.0 Å². The highest BCUT2D eigenvalue weighted by Crippen LogP contribution is 2.15. The summed E-state index contributed by atoms with van der Waals surface area (Å²) in [5.41, 5.74) is 3.78. The second-order valence-electron chi connectivity index (χ2n) is 6.27. The summed E-state index contributed by atoms with van der Waals surface area (Å²) in [6, 6.07) is 7.18. The van der Waals surface area contributed by atoms with Crippen LogP contribution in [0.3, 0.4) is 0 Å². The molecule has 0 spiro atoms. The van der Waals surface area contributed by atoms with Gasteiger partial charge in [0, 0.05) is 22.5 Å². The van der Waals surface area contributed by atoms with Gasteiger partial charge < -0.3 is 4.74 Å². The second-order valence-corrected chi connectivity index (χ2v) is 6.27. The number of hydrogen-bond donors (Lipinski definition) is 0. The minimum absolute atomic E-state index is 0.0198. The Bertz CT molecular complexity index is 976. The highest BCUT2D eigenvalue weighted by molar-refractivity contribution is 6.00. The molecule has 7 heteroatoms. The van der Waals surface area contributed by atoms with Gasteiger partial charge in [-0.05, 0) is 27.7 Å². The third-order valence-electron chi connectivity index (χ3n) is 4.32. The molecule has 26 heavy (non-hydrogen) atoms. The molecule has 2 heterocycles. The highest BCUT2D eigenvalue weighted by atomic mass is 16.5. The lowest BCUT2D eigenvalue weighted by molar-refractivity contribution is -0.145. The predicted octanol–water partition coefficient (Wildman–Crippen LogP) is 2.41. The Kier molecular flexibility index (Phi) is 4.79. The lowest BCUT2D eigenvalue weighted by Crippen LogP contribution is -2.26. The van der Waals surface area contributed by atoms with Crippen LogP contribution in [0.2, 0.25) is 0 Å². The zero-order chi connectivity index (χ0) is 18.8. The van der Waals surface area contributed by atoms with Crippen molar-refractivity contribution in [2.45, 2.75) is 40.2 Å². The van der Waals surface area contributed by atoms with Crippen LogP contribution in [0.5, 0.6) is 0 Å². The van der Waals surface area contributed by atoms with Crippen LogP contribution < -0.4 is 0 Å². The molecular formula is C19H20N4O3. The fourth-order valence-corrected chi connectivity index (χ4v) is 2.80. The lowest BCUT2D eigenvalue weighted by Gasteiger charge is -2.14. The first kappa shape index (κ1) is 17.7. The van der Waals surface area contributed by atoms with Gasteiger partial charge in [0.25, 0.3) is 5.78 Å². The van der Waals surface area contributed by atoms with Crippen molar-refractivity contribution in [3.8, 4) is 0 Å². The fourth-order valence-electron chi connectivity index (χ4n) is 2.80. The molecule has 1 aromatic carbocycles. The zero-order valence-corrected chi connectivity index (χ0v) is 15.2. The Balaban J connectivity index is 1.72. The molecule has 0 saturated carbocycles. The average Bonchev–Trinajstić information content (AvgIpc) is 3.07. The average molecular weight is 352 g/mol. The van der Waals surface area contributed by atoms with Crippen LogP contribution in [-0.2, 0) is 16.0 Å². The van der Waals surface area contributed by atoms with E-state index in [9.17, 15) is 9.59 Å². The Morgan fingerprint density at radius 1 is 1.15 bits per heavy atom. The molecule has 3 rings (SSSR count). The van der Waals surface area contributed by atoms with Crippen LogP contribution >= 0.6 is 0 Å². The SMILES string of the molecule is Cc1ccc(C(=O)[C@H](C)OC(=O)Cc2c(C)nc3ncnn3c2C)cc1. The van der Waals surface area contributed by atoms with Gasteiger partial charge in [-0.3, -0.25) is 9.59 Å². The summed E-state index contributed by atoms with van der Waals surface area (Å²) in [6.45, 7) is 7.19. The van der Waals surface area contributed by atoms with Crippen LogP contribution in [0.25, 0.3) is 5.78 Å². The van der Waals surface area contributed by atoms with E-state index < -0.39 is 12.1 Å². The number of ether oxygens (including phenoxy) is 1. The Morgan fingerprint density at radius 3 is 2.54 bits per heavy atom. The first-order valence-corrected chi connectivity index (χ1v) is 8.33. The molecule has 2 aromatic heterocycles. The van der Waals surface area contributed by atoms with Crippen molar-refractivity contribution in [2.24, 2.45) is 0 Å². The van der Waals surface area contributed by atoms with Crippen molar-refractivity contribution in [3.05, 3.63) is 58.7 Å². The van der Waals surface area contributed by atoms with Gasteiger partial charge in [0.05, 0.1) is 6.42 Å². The Labute approximate surface area is 151 Å².